The Morgan fingerprint density at radius 2 is 2.00 bits per heavy atom. The minimum absolute atomic E-state index is 0. The number of halogens is 4. The summed E-state index contributed by atoms with van der Waals surface area (Å²) in [7, 11) is 0. The summed E-state index contributed by atoms with van der Waals surface area (Å²) in [4.78, 5) is 3.20. The number of alkyl halides is 3. The number of nitrogens with zero attached hydrogens (tertiary/aromatic N) is 1. The molecule has 1 atom stereocenters. The summed E-state index contributed by atoms with van der Waals surface area (Å²) < 4.78 is 36.2. The van der Waals surface area contributed by atoms with Gasteiger partial charge in [-0.15, -0.1) is 12.4 Å². The maximum atomic E-state index is 12.1. The van der Waals surface area contributed by atoms with Gasteiger partial charge in [0, 0.05) is 6.20 Å². The standard InChI is InChI=1S/C8H9F3N2O.ClH/c9-8(10,11)7-2-1-5(3-13-7)6(12)4-14;/h1-3,6,14H,4,12H2;1H. The van der Waals surface area contributed by atoms with Crippen molar-refractivity contribution in [2.75, 3.05) is 6.61 Å². The van der Waals surface area contributed by atoms with Crippen LogP contribution in [0.3, 0.4) is 0 Å². The molecule has 0 saturated carbocycles. The minimum atomic E-state index is -4.44. The van der Waals surface area contributed by atoms with Crippen LogP contribution in [0.15, 0.2) is 18.3 Å². The highest BCUT2D eigenvalue weighted by Gasteiger charge is 2.32. The summed E-state index contributed by atoms with van der Waals surface area (Å²) >= 11 is 0. The van der Waals surface area contributed by atoms with E-state index >= 15 is 0 Å². The van der Waals surface area contributed by atoms with Gasteiger partial charge in [-0.05, 0) is 11.6 Å². The molecule has 0 saturated heterocycles. The molecule has 1 unspecified atom stereocenters. The fourth-order valence-corrected chi connectivity index (χ4v) is 0.898. The minimum Gasteiger partial charge on any atom is -0.394 e. The highest BCUT2D eigenvalue weighted by Crippen LogP contribution is 2.27. The average molecular weight is 243 g/mol. The van der Waals surface area contributed by atoms with Gasteiger partial charge in [-0.1, -0.05) is 6.07 Å². The molecule has 1 heterocycles. The number of aromatic nitrogens is 1. The Balaban J connectivity index is 0.00000196. The van der Waals surface area contributed by atoms with Crippen molar-refractivity contribution in [1.82, 2.24) is 4.98 Å². The number of rotatable bonds is 2. The van der Waals surface area contributed by atoms with Crippen LogP contribution in [0.2, 0.25) is 0 Å². The number of hydrogen-bond acceptors (Lipinski definition) is 3. The molecule has 15 heavy (non-hydrogen) atoms. The second kappa shape index (κ2) is 5.29. The number of nitrogens with two attached hydrogens (primary N) is 1. The van der Waals surface area contributed by atoms with Crippen molar-refractivity contribution < 1.29 is 18.3 Å². The first-order valence-electron chi connectivity index (χ1n) is 3.84. The Labute approximate surface area is 90.5 Å². The quantitative estimate of drug-likeness (QED) is 0.827. The van der Waals surface area contributed by atoms with Crippen molar-refractivity contribution in [1.29, 1.82) is 0 Å². The summed E-state index contributed by atoms with van der Waals surface area (Å²) in [6.07, 6.45) is -3.43. The van der Waals surface area contributed by atoms with E-state index in [4.69, 9.17) is 10.8 Å². The zero-order valence-electron chi connectivity index (χ0n) is 7.53. The van der Waals surface area contributed by atoms with Gasteiger partial charge >= 0.3 is 6.18 Å². The van der Waals surface area contributed by atoms with Crippen LogP contribution in [0.5, 0.6) is 0 Å². The molecule has 0 aliphatic carbocycles. The molecule has 1 aromatic heterocycles. The van der Waals surface area contributed by atoms with E-state index in [2.05, 4.69) is 4.98 Å². The Hall–Kier alpha value is -0.850. The Morgan fingerprint density at radius 3 is 2.33 bits per heavy atom. The number of pyridine rings is 1. The van der Waals surface area contributed by atoms with Crippen molar-refractivity contribution in [3.8, 4) is 0 Å². The SMILES string of the molecule is Cl.NC(CO)c1ccc(C(F)(F)F)nc1. The molecule has 0 amide bonds. The van der Waals surface area contributed by atoms with Gasteiger partial charge in [0.05, 0.1) is 12.6 Å². The predicted molar refractivity (Wildman–Crippen MR) is 50.5 cm³/mol. The maximum Gasteiger partial charge on any atom is 0.433 e. The van der Waals surface area contributed by atoms with Gasteiger partial charge in [0.1, 0.15) is 5.69 Å². The van der Waals surface area contributed by atoms with Crippen LogP contribution in [0.25, 0.3) is 0 Å². The van der Waals surface area contributed by atoms with Crippen LogP contribution in [-0.2, 0) is 6.18 Å². The Kier molecular flexibility index (Phi) is 4.99. The maximum absolute atomic E-state index is 12.1. The Bertz CT molecular complexity index is 302. The van der Waals surface area contributed by atoms with Crippen molar-refractivity contribution in [2.45, 2.75) is 12.2 Å². The lowest BCUT2D eigenvalue weighted by atomic mass is 10.1. The first kappa shape index (κ1) is 14.2. The largest absolute Gasteiger partial charge is 0.433 e. The predicted octanol–water partition coefficient (Wildman–Crippen LogP) is 1.51. The Morgan fingerprint density at radius 1 is 1.40 bits per heavy atom. The molecule has 3 N–H and O–H groups in total. The third-order valence-electron chi connectivity index (χ3n) is 1.70. The van der Waals surface area contributed by atoms with Crippen LogP contribution < -0.4 is 5.73 Å². The van der Waals surface area contributed by atoms with E-state index in [-0.39, 0.29) is 19.0 Å². The number of hydrogen-bond donors (Lipinski definition) is 2. The molecular weight excluding hydrogens is 233 g/mol. The first-order valence-corrected chi connectivity index (χ1v) is 3.84. The van der Waals surface area contributed by atoms with Gasteiger partial charge in [0.25, 0.3) is 0 Å². The van der Waals surface area contributed by atoms with Gasteiger partial charge in [-0.25, -0.2) is 0 Å². The lowest BCUT2D eigenvalue weighted by Crippen LogP contribution is -2.16. The van der Waals surface area contributed by atoms with Crippen LogP contribution in [0, 0.1) is 0 Å². The molecule has 0 spiro atoms. The molecule has 0 aromatic carbocycles. The second-order valence-corrected chi connectivity index (χ2v) is 2.76. The van der Waals surface area contributed by atoms with E-state index in [0.717, 1.165) is 12.3 Å². The molecule has 0 aliphatic rings. The van der Waals surface area contributed by atoms with E-state index in [9.17, 15) is 13.2 Å². The first-order chi connectivity index (χ1) is 6.45. The molecule has 0 aliphatic heterocycles. The van der Waals surface area contributed by atoms with Crippen molar-refractivity contribution in [2.24, 2.45) is 5.73 Å². The van der Waals surface area contributed by atoms with Crippen molar-refractivity contribution in [3.63, 3.8) is 0 Å². The summed E-state index contributed by atoms with van der Waals surface area (Å²) in [6.45, 7) is -0.326. The van der Waals surface area contributed by atoms with Crippen molar-refractivity contribution >= 4 is 12.4 Å². The van der Waals surface area contributed by atoms with Crippen LogP contribution in [0.1, 0.15) is 17.3 Å². The fourth-order valence-electron chi connectivity index (χ4n) is 0.898. The van der Waals surface area contributed by atoms with Crippen molar-refractivity contribution in [3.05, 3.63) is 29.6 Å². The summed E-state index contributed by atoms with van der Waals surface area (Å²) in [5, 5.41) is 8.64. The van der Waals surface area contributed by atoms with Gasteiger partial charge in [0.15, 0.2) is 0 Å². The van der Waals surface area contributed by atoms with E-state index in [1.807, 2.05) is 0 Å². The van der Waals surface area contributed by atoms with Gasteiger partial charge in [-0.2, -0.15) is 13.2 Å². The van der Waals surface area contributed by atoms with Crippen LogP contribution in [0.4, 0.5) is 13.2 Å². The topological polar surface area (TPSA) is 59.1 Å². The lowest BCUT2D eigenvalue weighted by Gasteiger charge is -2.09. The van der Waals surface area contributed by atoms with Gasteiger partial charge in [0.2, 0.25) is 0 Å². The third kappa shape index (κ3) is 3.65. The smallest absolute Gasteiger partial charge is 0.394 e. The highest BCUT2D eigenvalue weighted by atomic mass is 35.5. The zero-order chi connectivity index (χ0) is 10.8. The zero-order valence-corrected chi connectivity index (χ0v) is 8.35. The highest BCUT2D eigenvalue weighted by molar-refractivity contribution is 5.85. The summed E-state index contributed by atoms with van der Waals surface area (Å²) in [5.41, 5.74) is 4.79. The molecule has 1 aromatic rings. The molecule has 0 fully saturated rings. The molecule has 86 valence electrons. The molecule has 3 nitrogen and oxygen atoms in total. The average Bonchev–Trinajstić information content (AvgIpc) is 2.15. The van der Waals surface area contributed by atoms with E-state index in [1.165, 1.54) is 6.07 Å². The molecule has 0 radical (unpaired) electrons. The van der Waals surface area contributed by atoms with E-state index < -0.39 is 17.9 Å². The molecular formula is C8H10ClF3N2O. The molecule has 0 bridgehead atoms. The third-order valence-corrected chi connectivity index (χ3v) is 1.70. The van der Waals surface area contributed by atoms with Crippen LogP contribution in [-0.4, -0.2) is 16.7 Å². The lowest BCUT2D eigenvalue weighted by molar-refractivity contribution is -0.141. The normalized spacial score (nSPS) is 13.1. The van der Waals surface area contributed by atoms with Gasteiger partial charge < -0.3 is 10.8 Å². The second-order valence-electron chi connectivity index (χ2n) is 2.76. The van der Waals surface area contributed by atoms with Gasteiger partial charge in [-0.3, -0.25) is 4.98 Å². The van der Waals surface area contributed by atoms with E-state index in [0.29, 0.717) is 5.56 Å². The number of aliphatic hydroxyl groups is 1. The summed E-state index contributed by atoms with van der Waals surface area (Å²) in [6, 6.07) is 1.35. The number of aliphatic hydroxyl groups excluding tert-OH is 1. The molecule has 7 heteroatoms. The fraction of sp³-hybridized carbons (Fsp3) is 0.375. The van der Waals surface area contributed by atoms with Crippen LogP contribution >= 0.6 is 12.4 Å². The summed E-state index contributed by atoms with van der Waals surface area (Å²) in [5.74, 6) is 0. The monoisotopic (exact) mass is 242 g/mol. The molecule has 1 rings (SSSR count). The van der Waals surface area contributed by atoms with E-state index in [1.54, 1.807) is 0 Å².